The number of urea groups is 1. The van der Waals surface area contributed by atoms with Gasteiger partial charge in [-0.15, -0.1) is 0 Å². The van der Waals surface area contributed by atoms with E-state index in [1.54, 1.807) is 52.8 Å². The van der Waals surface area contributed by atoms with Crippen molar-refractivity contribution in [1.82, 2.24) is 16.0 Å². The fourth-order valence-corrected chi connectivity index (χ4v) is 2.34. The zero-order valence-electron chi connectivity index (χ0n) is 16.6. The molecule has 0 aliphatic carbocycles. The lowest BCUT2D eigenvalue weighted by molar-refractivity contribution is -0.151. The molecular formula is C19H26ClN3O5. The lowest BCUT2D eigenvalue weighted by atomic mass is 10.0. The Morgan fingerprint density at radius 1 is 1.11 bits per heavy atom. The minimum Gasteiger partial charge on any atom is -0.454 e. The van der Waals surface area contributed by atoms with Crippen molar-refractivity contribution in [3.63, 3.8) is 0 Å². The van der Waals surface area contributed by atoms with Gasteiger partial charge in [-0.2, -0.15) is 0 Å². The number of benzene rings is 1. The van der Waals surface area contributed by atoms with E-state index in [-0.39, 0.29) is 16.5 Å². The van der Waals surface area contributed by atoms with Gasteiger partial charge in [0.25, 0.3) is 11.8 Å². The van der Waals surface area contributed by atoms with E-state index in [9.17, 15) is 19.2 Å². The summed E-state index contributed by atoms with van der Waals surface area (Å²) in [5, 5.41) is 7.42. The second kappa shape index (κ2) is 10.1. The number of nitrogens with one attached hydrogen (secondary N) is 3. The molecule has 0 fully saturated rings. The molecule has 3 N–H and O–H groups in total. The largest absolute Gasteiger partial charge is 0.454 e. The number of carbonyl (C=O) groups is 4. The highest BCUT2D eigenvalue weighted by atomic mass is 35.5. The molecular weight excluding hydrogens is 386 g/mol. The van der Waals surface area contributed by atoms with Crippen LogP contribution in [0.15, 0.2) is 24.3 Å². The molecule has 1 aromatic rings. The Morgan fingerprint density at radius 2 is 1.71 bits per heavy atom. The van der Waals surface area contributed by atoms with Gasteiger partial charge in [0.15, 0.2) is 6.61 Å². The molecule has 1 rings (SSSR count). The van der Waals surface area contributed by atoms with Gasteiger partial charge in [0, 0.05) is 5.54 Å². The molecule has 28 heavy (non-hydrogen) atoms. The summed E-state index contributed by atoms with van der Waals surface area (Å²) in [5.41, 5.74) is -0.300. The molecule has 0 saturated heterocycles. The van der Waals surface area contributed by atoms with Crippen LogP contribution in [-0.2, 0) is 14.3 Å². The van der Waals surface area contributed by atoms with Crippen LogP contribution >= 0.6 is 11.6 Å². The number of halogens is 1. The van der Waals surface area contributed by atoms with Crippen LogP contribution in [0.3, 0.4) is 0 Å². The Kier molecular flexibility index (Phi) is 8.43. The van der Waals surface area contributed by atoms with E-state index in [1.807, 2.05) is 0 Å². The summed E-state index contributed by atoms with van der Waals surface area (Å²) in [7, 11) is 0. The van der Waals surface area contributed by atoms with Gasteiger partial charge in [-0.05, 0) is 38.8 Å². The van der Waals surface area contributed by atoms with E-state index >= 15 is 0 Å². The number of rotatable bonds is 6. The second-order valence-corrected chi connectivity index (χ2v) is 7.94. The topological polar surface area (TPSA) is 114 Å². The molecule has 0 radical (unpaired) electrons. The Hall–Kier alpha value is -2.61. The summed E-state index contributed by atoms with van der Waals surface area (Å²) in [4.78, 5) is 48.1. The van der Waals surface area contributed by atoms with Crippen LogP contribution in [-0.4, -0.2) is 42.0 Å². The Morgan fingerprint density at radius 3 is 2.25 bits per heavy atom. The zero-order valence-corrected chi connectivity index (χ0v) is 17.3. The van der Waals surface area contributed by atoms with Crippen LogP contribution in [0.2, 0.25) is 5.02 Å². The van der Waals surface area contributed by atoms with Crippen LogP contribution in [0.1, 0.15) is 45.0 Å². The average molecular weight is 412 g/mol. The van der Waals surface area contributed by atoms with Crippen molar-refractivity contribution < 1.29 is 23.9 Å². The van der Waals surface area contributed by atoms with Crippen LogP contribution in [0.4, 0.5) is 4.79 Å². The molecule has 0 aliphatic heterocycles. The first-order valence-electron chi connectivity index (χ1n) is 8.74. The number of amides is 4. The van der Waals surface area contributed by atoms with E-state index in [0.717, 1.165) is 0 Å². The van der Waals surface area contributed by atoms with Crippen molar-refractivity contribution >= 4 is 35.4 Å². The van der Waals surface area contributed by atoms with Gasteiger partial charge in [-0.25, -0.2) is 9.59 Å². The van der Waals surface area contributed by atoms with Gasteiger partial charge < -0.3 is 15.4 Å². The quantitative estimate of drug-likeness (QED) is 0.621. The molecule has 1 atom stereocenters. The van der Waals surface area contributed by atoms with Gasteiger partial charge in [0.05, 0.1) is 10.6 Å². The molecule has 154 valence electrons. The average Bonchev–Trinajstić information content (AvgIpc) is 2.55. The minimum atomic E-state index is -0.986. The van der Waals surface area contributed by atoms with E-state index < -0.39 is 42.0 Å². The second-order valence-electron chi connectivity index (χ2n) is 7.54. The van der Waals surface area contributed by atoms with E-state index in [1.165, 1.54) is 6.07 Å². The van der Waals surface area contributed by atoms with Gasteiger partial charge in [-0.1, -0.05) is 37.6 Å². The standard InChI is InChI=1S/C19H26ClN3O5/c1-11(2)15(22-16(25)12-8-6-7-9-13(12)20)17(26)28-10-14(24)21-18(27)23-19(3,4)5/h6-9,11,15H,10H2,1-5H3,(H,22,25)(H2,21,23,24,27)/t15-/m0/s1. The van der Waals surface area contributed by atoms with Crippen LogP contribution in [0.5, 0.6) is 0 Å². The van der Waals surface area contributed by atoms with Crippen LogP contribution in [0, 0.1) is 5.92 Å². The third kappa shape index (κ3) is 7.96. The Labute approximate surface area is 169 Å². The van der Waals surface area contributed by atoms with Gasteiger partial charge >= 0.3 is 12.0 Å². The van der Waals surface area contributed by atoms with Crippen molar-refractivity contribution in [2.45, 2.75) is 46.2 Å². The maximum Gasteiger partial charge on any atom is 0.329 e. The smallest absolute Gasteiger partial charge is 0.329 e. The first kappa shape index (κ1) is 23.4. The highest BCUT2D eigenvalue weighted by molar-refractivity contribution is 6.33. The fraction of sp³-hybridized carbons (Fsp3) is 0.474. The highest BCUT2D eigenvalue weighted by Gasteiger charge is 2.27. The maximum atomic E-state index is 12.4. The molecule has 0 aliphatic rings. The van der Waals surface area contributed by atoms with E-state index in [4.69, 9.17) is 16.3 Å². The fourth-order valence-electron chi connectivity index (χ4n) is 2.12. The number of ether oxygens (including phenoxy) is 1. The molecule has 0 aromatic heterocycles. The molecule has 9 heteroatoms. The molecule has 0 unspecified atom stereocenters. The number of carbonyl (C=O) groups excluding carboxylic acids is 4. The molecule has 0 heterocycles. The third-order valence-electron chi connectivity index (χ3n) is 3.41. The van der Waals surface area contributed by atoms with Crippen LogP contribution in [0.25, 0.3) is 0 Å². The van der Waals surface area contributed by atoms with Gasteiger partial charge in [-0.3, -0.25) is 14.9 Å². The zero-order chi connectivity index (χ0) is 21.5. The molecule has 0 bridgehead atoms. The van der Waals surface area contributed by atoms with Crippen molar-refractivity contribution in [2.24, 2.45) is 5.92 Å². The highest BCUT2D eigenvalue weighted by Crippen LogP contribution is 2.15. The molecule has 4 amide bonds. The Balaban J connectivity index is 2.63. The summed E-state index contributed by atoms with van der Waals surface area (Å²) in [6.45, 7) is 8.05. The summed E-state index contributed by atoms with van der Waals surface area (Å²) in [6, 6.07) is 4.74. The van der Waals surface area contributed by atoms with Crippen molar-refractivity contribution in [3.8, 4) is 0 Å². The number of hydrogen-bond donors (Lipinski definition) is 3. The van der Waals surface area contributed by atoms with E-state index in [2.05, 4.69) is 16.0 Å². The molecule has 0 saturated carbocycles. The Bertz CT molecular complexity index is 743. The first-order valence-corrected chi connectivity index (χ1v) is 9.12. The van der Waals surface area contributed by atoms with Gasteiger partial charge in [0.2, 0.25) is 0 Å². The maximum absolute atomic E-state index is 12.4. The SMILES string of the molecule is CC(C)[C@H](NC(=O)c1ccccc1Cl)C(=O)OCC(=O)NC(=O)NC(C)(C)C. The number of esters is 1. The molecule has 0 spiro atoms. The lowest BCUT2D eigenvalue weighted by Crippen LogP contribution is -2.50. The number of imide groups is 1. The predicted molar refractivity (Wildman–Crippen MR) is 105 cm³/mol. The minimum absolute atomic E-state index is 0.221. The monoisotopic (exact) mass is 411 g/mol. The molecule has 8 nitrogen and oxygen atoms in total. The third-order valence-corrected chi connectivity index (χ3v) is 3.74. The summed E-state index contributed by atoms with van der Waals surface area (Å²) in [6.07, 6.45) is 0. The van der Waals surface area contributed by atoms with Crippen molar-refractivity contribution in [3.05, 3.63) is 34.9 Å². The first-order chi connectivity index (χ1) is 12.9. The normalized spacial score (nSPS) is 12.1. The summed E-state index contributed by atoms with van der Waals surface area (Å²) >= 11 is 5.99. The van der Waals surface area contributed by atoms with Crippen molar-refractivity contribution in [2.75, 3.05) is 6.61 Å². The number of hydrogen-bond acceptors (Lipinski definition) is 5. The summed E-state index contributed by atoms with van der Waals surface area (Å²) < 4.78 is 4.95. The molecule has 1 aromatic carbocycles. The van der Waals surface area contributed by atoms with E-state index in [0.29, 0.717) is 0 Å². The predicted octanol–water partition coefficient (Wildman–Crippen LogP) is 2.26. The lowest BCUT2D eigenvalue weighted by Gasteiger charge is -2.22. The van der Waals surface area contributed by atoms with Crippen LogP contribution < -0.4 is 16.0 Å². The van der Waals surface area contributed by atoms with Gasteiger partial charge in [0.1, 0.15) is 6.04 Å². The summed E-state index contributed by atoms with van der Waals surface area (Å²) in [5.74, 6) is -2.40. The van der Waals surface area contributed by atoms with Crippen molar-refractivity contribution in [1.29, 1.82) is 0 Å².